The largest absolute Gasteiger partial charge is 0.356 e. The Labute approximate surface area is 101 Å². The van der Waals surface area contributed by atoms with Crippen molar-refractivity contribution in [2.45, 2.75) is 44.2 Å². The van der Waals surface area contributed by atoms with Crippen molar-refractivity contribution >= 4 is 5.91 Å². The molecule has 0 atom stereocenters. The van der Waals surface area contributed by atoms with Gasteiger partial charge in [-0.15, -0.1) is 0 Å². The molecule has 1 aliphatic rings. The van der Waals surface area contributed by atoms with E-state index in [0.717, 1.165) is 32.2 Å². The van der Waals surface area contributed by atoms with Gasteiger partial charge in [0, 0.05) is 37.4 Å². The standard InChI is InChI=1S/C12H20N4O/c13-12(3-1-4-12)9-11(17)15-5-2-7-16-8-6-14-10-16/h6,8,10H,1-5,7,9,13H2,(H,15,17). The van der Waals surface area contributed by atoms with Crippen LogP contribution in [0.1, 0.15) is 32.1 Å². The van der Waals surface area contributed by atoms with Crippen LogP contribution in [0.2, 0.25) is 0 Å². The van der Waals surface area contributed by atoms with Crippen LogP contribution in [0, 0.1) is 0 Å². The van der Waals surface area contributed by atoms with Crippen LogP contribution >= 0.6 is 0 Å². The van der Waals surface area contributed by atoms with Gasteiger partial charge in [-0.2, -0.15) is 0 Å². The van der Waals surface area contributed by atoms with E-state index >= 15 is 0 Å². The summed E-state index contributed by atoms with van der Waals surface area (Å²) in [5, 5.41) is 2.92. The van der Waals surface area contributed by atoms with Crippen LogP contribution < -0.4 is 11.1 Å². The molecule has 94 valence electrons. The van der Waals surface area contributed by atoms with Crippen molar-refractivity contribution in [3.63, 3.8) is 0 Å². The lowest BCUT2D eigenvalue weighted by Gasteiger charge is -2.37. The minimum atomic E-state index is -0.214. The molecular weight excluding hydrogens is 216 g/mol. The fourth-order valence-electron chi connectivity index (χ4n) is 2.10. The van der Waals surface area contributed by atoms with Crippen LogP contribution in [0.25, 0.3) is 0 Å². The Hall–Kier alpha value is -1.36. The molecule has 1 fully saturated rings. The number of rotatable bonds is 6. The third-order valence-corrected chi connectivity index (χ3v) is 3.34. The van der Waals surface area contributed by atoms with Crippen molar-refractivity contribution in [2.75, 3.05) is 6.54 Å². The van der Waals surface area contributed by atoms with Crippen LogP contribution in [0.3, 0.4) is 0 Å². The van der Waals surface area contributed by atoms with Crippen molar-refractivity contribution in [3.05, 3.63) is 18.7 Å². The zero-order valence-electron chi connectivity index (χ0n) is 10.1. The zero-order chi connectivity index (χ0) is 12.1. The van der Waals surface area contributed by atoms with Crippen LogP contribution in [-0.2, 0) is 11.3 Å². The number of nitrogens with two attached hydrogens (primary N) is 1. The lowest BCUT2D eigenvalue weighted by Crippen LogP contribution is -2.50. The van der Waals surface area contributed by atoms with Gasteiger partial charge in [-0.3, -0.25) is 4.79 Å². The van der Waals surface area contributed by atoms with Gasteiger partial charge in [0.2, 0.25) is 5.91 Å². The Balaban J connectivity index is 1.57. The SMILES string of the molecule is NC1(CC(=O)NCCCn2ccnc2)CCC1. The maximum absolute atomic E-state index is 11.6. The van der Waals surface area contributed by atoms with Crippen molar-refractivity contribution in [3.8, 4) is 0 Å². The molecule has 0 spiro atoms. The predicted octanol–water partition coefficient (Wildman–Crippen LogP) is 0.661. The van der Waals surface area contributed by atoms with Crippen molar-refractivity contribution < 1.29 is 4.79 Å². The second-order valence-electron chi connectivity index (χ2n) is 4.90. The summed E-state index contributed by atoms with van der Waals surface area (Å²) < 4.78 is 2.00. The number of aryl methyl sites for hydroxylation is 1. The van der Waals surface area contributed by atoms with Crippen molar-refractivity contribution in [1.29, 1.82) is 0 Å². The number of amides is 1. The lowest BCUT2D eigenvalue weighted by molar-refractivity contribution is -0.123. The molecule has 0 bridgehead atoms. The number of carbonyl (C=O) groups is 1. The Bertz CT molecular complexity index is 357. The molecule has 0 aromatic carbocycles. The summed E-state index contributed by atoms with van der Waals surface area (Å²) in [6.07, 6.45) is 9.97. The first kappa shape index (κ1) is 12.1. The molecule has 17 heavy (non-hydrogen) atoms. The fourth-order valence-corrected chi connectivity index (χ4v) is 2.10. The topological polar surface area (TPSA) is 72.9 Å². The van der Waals surface area contributed by atoms with Crippen LogP contribution in [0.4, 0.5) is 0 Å². The van der Waals surface area contributed by atoms with Gasteiger partial charge in [-0.05, 0) is 25.7 Å². The van der Waals surface area contributed by atoms with Gasteiger partial charge in [0.25, 0.3) is 0 Å². The third-order valence-electron chi connectivity index (χ3n) is 3.34. The number of carbonyl (C=O) groups excluding carboxylic acids is 1. The monoisotopic (exact) mass is 236 g/mol. The summed E-state index contributed by atoms with van der Waals surface area (Å²) in [4.78, 5) is 15.6. The summed E-state index contributed by atoms with van der Waals surface area (Å²) in [6.45, 7) is 1.58. The smallest absolute Gasteiger partial charge is 0.221 e. The Kier molecular flexibility index (Phi) is 3.78. The average molecular weight is 236 g/mol. The number of imidazole rings is 1. The van der Waals surface area contributed by atoms with Crippen LogP contribution in [0.15, 0.2) is 18.7 Å². The average Bonchev–Trinajstić information content (AvgIpc) is 2.75. The van der Waals surface area contributed by atoms with Gasteiger partial charge in [0.15, 0.2) is 0 Å². The molecule has 1 amide bonds. The van der Waals surface area contributed by atoms with Gasteiger partial charge in [0.05, 0.1) is 6.33 Å². The highest BCUT2D eigenvalue weighted by atomic mass is 16.1. The van der Waals surface area contributed by atoms with Gasteiger partial charge in [-0.25, -0.2) is 4.98 Å². The Morgan fingerprint density at radius 3 is 2.94 bits per heavy atom. The summed E-state index contributed by atoms with van der Waals surface area (Å²) in [5.74, 6) is 0.0813. The molecule has 0 aliphatic heterocycles. The van der Waals surface area contributed by atoms with Gasteiger partial charge in [0.1, 0.15) is 0 Å². The van der Waals surface area contributed by atoms with E-state index in [1.54, 1.807) is 12.5 Å². The van der Waals surface area contributed by atoms with E-state index in [2.05, 4.69) is 10.3 Å². The third kappa shape index (κ3) is 3.56. The number of nitrogens with zero attached hydrogens (tertiary/aromatic N) is 2. The second kappa shape index (κ2) is 5.31. The van der Waals surface area contributed by atoms with Crippen molar-refractivity contribution in [2.24, 2.45) is 5.73 Å². The molecule has 1 aromatic rings. The van der Waals surface area contributed by atoms with E-state index < -0.39 is 0 Å². The molecule has 0 radical (unpaired) electrons. The number of hydrogen-bond donors (Lipinski definition) is 2. The number of aromatic nitrogens is 2. The maximum atomic E-state index is 11.6. The van der Waals surface area contributed by atoms with E-state index in [-0.39, 0.29) is 11.4 Å². The minimum Gasteiger partial charge on any atom is -0.356 e. The summed E-state index contributed by atoms with van der Waals surface area (Å²) in [6, 6.07) is 0. The molecule has 1 aromatic heterocycles. The zero-order valence-corrected chi connectivity index (χ0v) is 10.1. The quantitative estimate of drug-likeness (QED) is 0.713. The normalized spacial score (nSPS) is 17.5. The molecule has 5 heteroatoms. The summed E-state index contributed by atoms with van der Waals surface area (Å²) >= 11 is 0. The van der Waals surface area contributed by atoms with Crippen LogP contribution in [-0.4, -0.2) is 27.5 Å². The molecular formula is C12H20N4O. The van der Waals surface area contributed by atoms with E-state index in [4.69, 9.17) is 5.73 Å². The van der Waals surface area contributed by atoms with Gasteiger partial charge >= 0.3 is 0 Å². The van der Waals surface area contributed by atoms with Gasteiger partial charge < -0.3 is 15.6 Å². The molecule has 1 heterocycles. The van der Waals surface area contributed by atoms with Crippen LogP contribution in [0.5, 0.6) is 0 Å². The van der Waals surface area contributed by atoms with E-state index in [1.165, 1.54) is 0 Å². The van der Waals surface area contributed by atoms with Crippen molar-refractivity contribution in [1.82, 2.24) is 14.9 Å². The van der Waals surface area contributed by atoms with Gasteiger partial charge in [-0.1, -0.05) is 0 Å². The highest BCUT2D eigenvalue weighted by Gasteiger charge is 2.34. The molecule has 5 nitrogen and oxygen atoms in total. The Morgan fingerprint density at radius 1 is 1.53 bits per heavy atom. The molecule has 2 rings (SSSR count). The second-order valence-corrected chi connectivity index (χ2v) is 4.90. The molecule has 1 aliphatic carbocycles. The van der Waals surface area contributed by atoms with E-state index in [0.29, 0.717) is 13.0 Å². The first-order chi connectivity index (χ1) is 8.18. The molecule has 1 saturated carbocycles. The first-order valence-electron chi connectivity index (χ1n) is 6.19. The fraction of sp³-hybridized carbons (Fsp3) is 0.667. The molecule has 0 saturated heterocycles. The predicted molar refractivity (Wildman–Crippen MR) is 65.2 cm³/mol. The van der Waals surface area contributed by atoms with E-state index in [9.17, 15) is 4.79 Å². The minimum absolute atomic E-state index is 0.0813. The first-order valence-corrected chi connectivity index (χ1v) is 6.19. The summed E-state index contributed by atoms with van der Waals surface area (Å²) in [5.41, 5.74) is 5.80. The van der Waals surface area contributed by atoms with E-state index in [1.807, 2.05) is 10.8 Å². The highest BCUT2D eigenvalue weighted by Crippen LogP contribution is 2.31. The number of hydrogen-bond acceptors (Lipinski definition) is 3. The molecule has 3 N–H and O–H groups in total. The molecule has 0 unspecified atom stereocenters. The number of nitrogens with one attached hydrogen (secondary N) is 1. The summed E-state index contributed by atoms with van der Waals surface area (Å²) in [7, 11) is 0. The highest BCUT2D eigenvalue weighted by molar-refractivity contribution is 5.77. The maximum Gasteiger partial charge on any atom is 0.221 e. The lowest BCUT2D eigenvalue weighted by atomic mass is 9.75. The Morgan fingerprint density at radius 2 is 2.35 bits per heavy atom.